The zero-order chi connectivity index (χ0) is 9.59. The molecule has 0 aliphatic rings. The Hall–Kier alpha value is -0.510. The van der Waals surface area contributed by atoms with Crippen LogP contribution in [-0.2, 0) is 7.05 Å². The van der Waals surface area contributed by atoms with E-state index in [1.165, 1.54) is 25.6 Å². The van der Waals surface area contributed by atoms with Gasteiger partial charge in [0.1, 0.15) is 0 Å². The number of rotatable bonds is 0. The summed E-state index contributed by atoms with van der Waals surface area (Å²) < 4.78 is 3.55. The quantitative estimate of drug-likeness (QED) is 0.654. The first-order valence-electron chi connectivity index (χ1n) is 4.31. The summed E-state index contributed by atoms with van der Waals surface area (Å²) in [5.74, 6) is 0. The number of hydrogen-bond donors (Lipinski definition) is 0. The van der Waals surface area contributed by atoms with E-state index in [9.17, 15) is 0 Å². The second kappa shape index (κ2) is 3.01. The predicted molar refractivity (Wildman–Crippen MR) is 65.1 cm³/mol. The Bertz CT molecular complexity index is 468. The lowest BCUT2D eigenvalue weighted by Crippen LogP contribution is -1.85. The van der Waals surface area contributed by atoms with E-state index < -0.39 is 0 Å². The normalized spacial score (nSPS) is 11.1. The van der Waals surface area contributed by atoms with Crippen LogP contribution in [-0.4, -0.2) is 4.57 Å². The first kappa shape index (κ1) is 9.06. The topological polar surface area (TPSA) is 4.93 Å². The predicted octanol–water partition coefficient (Wildman–Crippen LogP) is 3.40. The number of aromatic nitrogens is 1. The van der Waals surface area contributed by atoms with Gasteiger partial charge >= 0.3 is 0 Å². The zero-order valence-electron chi connectivity index (χ0n) is 8.06. The summed E-state index contributed by atoms with van der Waals surface area (Å²) in [6, 6.07) is 4.47. The summed E-state index contributed by atoms with van der Waals surface area (Å²) in [5.41, 5.74) is 4.03. The minimum atomic E-state index is 1.33. The second-order valence-corrected chi connectivity index (χ2v) is 4.73. The van der Waals surface area contributed by atoms with Gasteiger partial charge in [0.2, 0.25) is 0 Å². The Morgan fingerprint density at radius 1 is 1.23 bits per heavy atom. The number of hydrogen-bond acceptors (Lipinski definition) is 0. The molecule has 1 heterocycles. The van der Waals surface area contributed by atoms with Gasteiger partial charge in [0.25, 0.3) is 0 Å². The van der Waals surface area contributed by atoms with Crippen LogP contribution in [0.3, 0.4) is 0 Å². The number of nitrogens with zero attached hydrogens (tertiary/aromatic N) is 1. The Labute approximate surface area is 91.9 Å². The Morgan fingerprint density at radius 3 is 2.62 bits per heavy atom. The summed E-state index contributed by atoms with van der Waals surface area (Å²) in [6.45, 7) is 4.31. The maximum absolute atomic E-state index is 2.41. The van der Waals surface area contributed by atoms with Crippen LogP contribution in [0.2, 0.25) is 0 Å². The molecule has 1 aromatic heterocycles. The zero-order valence-corrected chi connectivity index (χ0v) is 10.2. The maximum atomic E-state index is 2.41. The molecule has 68 valence electrons. The van der Waals surface area contributed by atoms with E-state index in [4.69, 9.17) is 0 Å². The van der Waals surface area contributed by atoms with Gasteiger partial charge in [-0.2, -0.15) is 0 Å². The molecule has 13 heavy (non-hydrogen) atoms. The van der Waals surface area contributed by atoms with Crippen LogP contribution in [0, 0.1) is 17.4 Å². The van der Waals surface area contributed by atoms with Crippen molar-refractivity contribution in [1.29, 1.82) is 0 Å². The lowest BCUT2D eigenvalue weighted by Gasteiger charge is -2.00. The summed E-state index contributed by atoms with van der Waals surface area (Å²) in [4.78, 5) is 0. The molecule has 0 bridgehead atoms. The summed E-state index contributed by atoms with van der Waals surface area (Å²) >= 11 is 2.41. The average Bonchev–Trinajstić information content (AvgIpc) is 2.27. The fraction of sp³-hybridized carbons (Fsp3) is 0.273. The molecule has 1 aromatic carbocycles. The van der Waals surface area contributed by atoms with Gasteiger partial charge in [-0.25, -0.2) is 0 Å². The van der Waals surface area contributed by atoms with Crippen molar-refractivity contribution in [2.75, 3.05) is 0 Å². The third-order valence-corrected chi connectivity index (χ3v) is 3.23. The highest BCUT2D eigenvalue weighted by molar-refractivity contribution is 14.1. The van der Waals surface area contributed by atoms with E-state index in [1.54, 1.807) is 0 Å². The first-order valence-corrected chi connectivity index (χ1v) is 5.39. The molecule has 0 radical (unpaired) electrons. The molecule has 0 fully saturated rings. The van der Waals surface area contributed by atoms with Crippen molar-refractivity contribution >= 4 is 33.5 Å². The largest absolute Gasteiger partial charge is 0.350 e. The lowest BCUT2D eigenvalue weighted by atomic mass is 10.1. The third-order valence-electron chi connectivity index (χ3n) is 2.38. The molecule has 0 aliphatic heterocycles. The van der Waals surface area contributed by atoms with Gasteiger partial charge in [0, 0.05) is 27.7 Å². The van der Waals surface area contributed by atoms with E-state index in [0.717, 1.165) is 0 Å². The van der Waals surface area contributed by atoms with Gasteiger partial charge in [-0.3, -0.25) is 0 Å². The molecule has 0 saturated carbocycles. The first-order chi connectivity index (χ1) is 6.09. The van der Waals surface area contributed by atoms with Gasteiger partial charge in [0.05, 0.1) is 0 Å². The smallest absolute Gasteiger partial charge is 0.0493 e. The SMILES string of the molecule is Cc1cc(I)c2c(C)cn(C)c2c1. The van der Waals surface area contributed by atoms with Crippen molar-refractivity contribution in [3.63, 3.8) is 0 Å². The van der Waals surface area contributed by atoms with Crippen LogP contribution in [0.25, 0.3) is 10.9 Å². The fourth-order valence-corrected chi connectivity index (χ4v) is 3.01. The summed E-state index contributed by atoms with van der Waals surface area (Å²) in [5, 5.41) is 1.40. The van der Waals surface area contributed by atoms with Gasteiger partial charge in [-0.15, -0.1) is 0 Å². The van der Waals surface area contributed by atoms with Crippen molar-refractivity contribution in [3.8, 4) is 0 Å². The minimum absolute atomic E-state index is 1.33. The van der Waals surface area contributed by atoms with Crippen LogP contribution in [0.4, 0.5) is 0 Å². The molecule has 2 aromatic rings. The van der Waals surface area contributed by atoms with Crippen LogP contribution < -0.4 is 0 Å². The monoisotopic (exact) mass is 285 g/mol. The molecular weight excluding hydrogens is 273 g/mol. The van der Waals surface area contributed by atoms with Crippen molar-refractivity contribution in [1.82, 2.24) is 4.57 Å². The number of fused-ring (bicyclic) bond motifs is 1. The van der Waals surface area contributed by atoms with Crippen LogP contribution in [0.5, 0.6) is 0 Å². The van der Waals surface area contributed by atoms with E-state index in [2.05, 4.69) is 66.4 Å². The standard InChI is InChI=1S/C11H12IN/c1-7-4-9(12)11-8(2)6-13(3)10(11)5-7/h4-6H,1-3H3. The Balaban J connectivity index is 2.97. The van der Waals surface area contributed by atoms with E-state index in [0.29, 0.717) is 0 Å². The van der Waals surface area contributed by atoms with Crippen molar-refractivity contribution in [2.45, 2.75) is 13.8 Å². The van der Waals surface area contributed by atoms with E-state index in [1.807, 2.05) is 0 Å². The van der Waals surface area contributed by atoms with Crippen LogP contribution in [0.15, 0.2) is 18.3 Å². The van der Waals surface area contributed by atoms with Crippen molar-refractivity contribution < 1.29 is 0 Å². The Kier molecular flexibility index (Phi) is 2.10. The van der Waals surface area contributed by atoms with E-state index >= 15 is 0 Å². The fourth-order valence-electron chi connectivity index (χ4n) is 1.82. The number of halogens is 1. The van der Waals surface area contributed by atoms with Crippen LogP contribution >= 0.6 is 22.6 Å². The molecule has 0 N–H and O–H groups in total. The van der Waals surface area contributed by atoms with E-state index in [-0.39, 0.29) is 0 Å². The van der Waals surface area contributed by atoms with Crippen molar-refractivity contribution in [2.24, 2.45) is 7.05 Å². The van der Waals surface area contributed by atoms with Gasteiger partial charge in [-0.1, -0.05) is 0 Å². The molecule has 0 atom stereocenters. The summed E-state index contributed by atoms with van der Waals surface area (Å²) in [7, 11) is 2.10. The average molecular weight is 285 g/mol. The van der Waals surface area contributed by atoms with Gasteiger partial charge < -0.3 is 4.57 Å². The number of aryl methyl sites for hydroxylation is 3. The van der Waals surface area contributed by atoms with Gasteiger partial charge in [0.15, 0.2) is 0 Å². The minimum Gasteiger partial charge on any atom is -0.350 e. The second-order valence-electron chi connectivity index (χ2n) is 3.56. The molecule has 0 spiro atoms. The van der Waals surface area contributed by atoms with Crippen LogP contribution in [0.1, 0.15) is 11.1 Å². The highest BCUT2D eigenvalue weighted by Gasteiger charge is 2.06. The van der Waals surface area contributed by atoms with Crippen molar-refractivity contribution in [3.05, 3.63) is 33.0 Å². The molecule has 0 aliphatic carbocycles. The number of benzene rings is 1. The molecular formula is C11H12IN. The maximum Gasteiger partial charge on any atom is 0.0493 e. The molecule has 1 nitrogen and oxygen atoms in total. The molecule has 2 rings (SSSR count). The molecule has 2 heteroatoms. The van der Waals surface area contributed by atoms with Gasteiger partial charge in [-0.05, 0) is 59.7 Å². The lowest BCUT2D eigenvalue weighted by molar-refractivity contribution is 0.963. The highest BCUT2D eigenvalue weighted by atomic mass is 127. The highest BCUT2D eigenvalue weighted by Crippen LogP contribution is 2.26. The molecule has 0 amide bonds. The molecule has 0 unspecified atom stereocenters. The Morgan fingerprint density at radius 2 is 1.92 bits per heavy atom. The third kappa shape index (κ3) is 1.37. The molecule has 0 saturated heterocycles. The summed E-state index contributed by atoms with van der Waals surface area (Å²) in [6.07, 6.45) is 2.19.